The molecule has 4 heterocycles. The molecule has 8 heteroatoms. The summed E-state index contributed by atoms with van der Waals surface area (Å²) in [6, 6.07) is 1.99. The van der Waals surface area contributed by atoms with Crippen molar-refractivity contribution in [1.29, 1.82) is 0 Å². The second-order valence-corrected chi connectivity index (χ2v) is 6.31. The number of aromatic nitrogens is 4. The van der Waals surface area contributed by atoms with Gasteiger partial charge in [-0.05, 0) is 6.92 Å². The summed E-state index contributed by atoms with van der Waals surface area (Å²) in [7, 11) is 0. The number of amides is 1. The van der Waals surface area contributed by atoms with Crippen LogP contribution in [0, 0.1) is 18.8 Å². The minimum atomic E-state index is -0.349. The number of anilines is 1. The van der Waals surface area contributed by atoms with E-state index in [1.807, 2.05) is 17.9 Å². The molecule has 2 aromatic heterocycles. The monoisotopic (exact) mass is 314 g/mol. The van der Waals surface area contributed by atoms with Gasteiger partial charge in [-0.25, -0.2) is 14.8 Å². The van der Waals surface area contributed by atoms with Gasteiger partial charge in [-0.1, -0.05) is 0 Å². The summed E-state index contributed by atoms with van der Waals surface area (Å²) in [5, 5.41) is 0. The molecule has 2 aromatic rings. The minimum Gasteiger partial charge on any atom is -0.356 e. The van der Waals surface area contributed by atoms with Gasteiger partial charge in [-0.2, -0.15) is 0 Å². The first-order valence-corrected chi connectivity index (χ1v) is 7.71. The first kappa shape index (κ1) is 14.0. The summed E-state index contributed by atoms with van der Waals surface area (Å²) in [6.07, 6.45) is 3.03. The number of imidazole rings is 1. The van der Waals surface area contributed by atoms with Crippen molar-refractivity contribution in [2.45, 2.75) is 6.92 Å². The van der Waals surface area contributed by atoms with Gasteiger partial charge in [0.05, 0.1) is 0 Å². The molecule has 0 bridgehead atoms. The van der Waals surface area contributed by atoms with Crippen molar-refractivity contribution in [3.8, 4) is 0 Å². The van der Waals surface area contributed by atoms with Crippen molar-refractivity contribution in [2.75, 3.05) is 31.1 Å². The SMILES string of the molecule is Cc1cc(N2CC3CN(C(=O)c4c[nH]c(=O)[nH]4)CC3C2)ncn1. The molecular weight excluding hydrogens is 296 g/mol. The number of hydrogen-bond donors (Lipinski definition) is 2. The van der Waals surface area contributed by atoms with Gasteiger partial charge >= 0.3 is 5.69 Å². The summed E-state index contributed by atoms with van der Waals surface area (Å²) >= 11 is 0. The van der Waals surface area contributed by atoms with E-state index in [0.717, 1.165) is 37.7 Å². The van der Waals surface area contributed by atoms with E-state index in [1.165, 1.54) is 6.20 Å². The van der Waals surface area contributed by atoms with E-state index in [2.05, 4.69) is 24.8 Å². The zero-order chi connectivity index (χ0) is 16.0. The third kappa shape index (κ3) is 2.49. The fourth-order valence-electron chi connectivity index (χ4n) is 3.58. The van der Waals surface area contributed by atoms with E-state index in [9.17, 15) is 9.59 Å². The molecule has 2 atom stereocenters. The summed E-state index contributed by atoms with van der Waals surface area (Å²) in [4.78, 5) is 41.1. The Bertz CT molecular complexity index is 783. The van der Waals surface area contributed by atoms with Crippen molar-refractivity contribution < 1.29 is 4.79 Å². The number of hydrogen-bond acceptors (Lipinski definition) is 5. The second kappa shape index (κ2) is 5.22. The van der Waals surface area contributed by atoms with Crippen LogP contribution in [0.1, 0.15) is 16.2 Å². The molecule has 0 aromatic carbocycles. The van der Waals surface area contributed by atoms with E-state index in [0.29, 0.717) is 17.5 Å². The predicted octanol–water partition coefficient (Wildman–Crippen LogP) is 0.00982. The Morgan fingerprint density at radius 3 is 2.57 bits per heavy atom. The molecule has 2 fully saturated rings. The maximum absolute atomic E-state index is 12.4. The van der Waals surface area contributed by atoms with Crippen LogP contribution in [0.2, 0.25) is 0 Å². The van der Waals surface area contributed by atoms with Gasteiger partial charge in [0.2, 0.25) is 0 Å². The number of aromatic amines is 2. The van der Waals surface area contributed by atoms with Gasteiger partial charge in [0.25, 0.3) is 5.91 Å². The number of carbonyl (C=O) groups excluding carboxylic acids is 1. The van der Waals surface area contributed by atoms with Crippen LogP contribution in [0.25, 0.3) is 0 Å². The van der Waals surface area contributed by atoms with E-state index in [4.69, 9.17) is 0 Å². The number of aryl methyl sites for hydroxylation is 1. The first-order valence-electron chi connectivity index (χ1n) is 7.71. The standard InChI is InChI=1S/C15H18N6O2/c1-9-2-13(18-8-17-9)20-4-10-6-21(7-11(10)5-20)14(22)12-3-16-15(23)19-12/h2-3,8,10-11H,4-7H2,1H3,(H2,16,19,23). The Morgan fingerprint density at radius 2 is 1.96 bits per heavy atom. The van der Waals surface area contributed by atoms with Crippen LogP contribution in [0.3, 0.4) is 0 Å². The van der Waals surface area contributed by atoms with Gasteiger partial charge < -0.3 is 19.8 Å². The number of H-pyrrole nitrogens is 2. The second-order valence-electron chi connectivity index (χ2n) is 6.31. The molecule has 2 aliphatic rings. The molecule has 0 radical (unpaired) electrons. The first-order chi connectivity index (χ1) is 11.1. The highest BCUT2D eigenvalue weighted by atomic mass is 16.2. The van der Waals surface area contributed by atoms with Crippen LogP contribution >= 0.6 is 0 Å². The number of carbonyl (C=O) groups is 1. The van der Waals surface area contributed by atoms with Crippen LogP contribution in [0.15, 0.2) is 23.4 Å². The Morgan fingerprint density at radius 1 is 1.22 bits per heavy atom. The molecule has 2 unspecified atom stereocenters. The average Bonchev–Trinajstić information content (AvgIpc) is 3.20. The molecule has 0 aliphatic carbocycles. The molecule has 8 nitrogen and oxygen atoms in total. The number of nitrogens with zero attached hydrogens (tertiary/aromatic N) is 4. The lowest BCUT2D eigenvalue weighted by Gasteiger charge is -2.22. The summed E-state index contributed by atoms with van der Waals surface area (Å²) < 4.78 is 0. The van der Waals surface area contributed by atoms with E-state index in [1.54, 1.807) is 6.33 Å². The highest BCUT2D eigenvalue weighted by Crippen LogP contribution is 2.33. The van der Waals surface area contributed by atoms with Crippen LogP contribution in [-0.4, -0.2) is 56.9 Å². The van der Waals surface area contributed by atoms with E-state index in [-0.39, 0.29) is 11.6 Å². The predicted molar refractivity (Wildman–Crippen MR) is 83.3 cm³/mol. The third-order valence-electron chi connectivity index (χ3n) is 4.71. The fraction of sp³-hybridized carbons (Fsp3) is 0.467. The highest BCUT2D eigenvalue weighted by Gasteiger charge is 2.42. The maximum atomic E-state index is 12.4. The van der Waals surface area contributed by atoms with Gasteiger partial charge in [-0.15, -0.1) is 0 Å². The Hall–Kier alpha value is -2.64. The zero-order valence-corrected chi connectivity index (χ0v) is 12.8. The highest BCUT2D eigenvalue weighted by molar-refractivity contribution is 5.92. The summed E-state index contributed by atoms with van der Waals surface area (Å²) in [6.45, 7) is 5.19. The lowest BCUT2D eigenvalue weighted by molar-refractivity contribution is 0.0777. The van der Waals surface area contributed by atoms with E-state index >= 15 is 0 Å². The quantitative estimate of drug-likeness (QED) is 0.814. The molecule has 23 heavy (non-hydrogen) atoms. The van der Waals surface area contributed by atoms with Crippen molar-refractivity contribution >= 4 is 11.7 Å². The Labute approximate surface area is 132 Å². The summed E-state index contributed by atoms with van der Waals surface area (Å²) in [5.74, 6) is 1.74. The summed E-state index contributed by atoms with van der Waals surface area (Å²) in [5.41, 5.74) is 0.941. The van der Waals surface area contributed by atoms with Crippen LogP contribution in [0.4, 0.5) is 5.82 Å². The molecule has 0 spiro atoms. The molecule has 2 N–H and O–H groups in total. The normalized spacial score (nSPS) is 23.3. The minimum absolute atomic E-state index is 0.109. The lowest BCUT2D eigenvalue weighted by atomic mass is 10.0. The van der Waals surface area contributed by atoms with Gasteiger partial charge in [0.15, 0.2) is 0 Å². The number of likely N-dealkylation sites (tertiary alicyclic amines) is 1. The topological polar surface area (TPSA) is 98.0 Å². The average molecular weight is 314 g/mol. The van der Waals surface area contributed by atoms with Crippen molar-refractivity contribution in [3.63, 3.8) is 0 Å². The maximum Gasteiger partial charge on any atom is 0.323 e. The van der Waals surface area contributed by atoms with Gasteiger partial charge in [0, 0.05) is 56.0 Å². The van der Waals surface area contributed by atoms with E-state index < -0.39 is 0 Å². The zero-order valence-electron chi connectivity index (χ0n) is 12.8. The molecule has 2 saturated heterocycles. The van der Waals surface area contributed by atoms with Crippen molar-refractivity contribution in [2.24, 2.45) is 11.8 Å². The van der Waals surface area contributed by atoms with Crippen molar-refractivity contribution in [1.82, 2.24) is 24.8 Å². The molecular formula is C15H18N6O2. The fourth-order valence-corrected chi connectivity index (χ4v) is 3.58. The smallest absolute Gasteiger partial charge is 0.323 e. The largest absolute Gasteiger partial charge is 0.356 e. The lowest BCUT2D eigenvalue weighted by Crippen LogP contribution is -2.33. The van der Waals surface area contributed by atoms with Crippen molar-refractivity contribution in [3.05, 3.63) is 40.5 Å². The van der Waals surface area contributed by atoms with Gasteiger partial charge in [-0.3, -0.25) is 4.79 Å². The molecule has 2 aliphatic heterocycles. The Balaban J connectivity index is 1.44. The Kier molecular flexibility index (Phi) is 3.17. The number of nitrogens with one attached hydrogen (secondary N) is 2. The molecule has 0 saturated carbocycles. The molecule has 4 rings (SSSR count). The van der Waals surface area contributed by atoms with Crippen LogP contribution < -0.4 is 10.6 Å². The number of fused-ring (bicyclic) bond motifs is 1. The van der Waals surface area contributed by atoms with Crippen LogP contribution in [0.5, 0.6) is 0 Å². The number of rotatable bonds is 2. The molecule has 120 valence electrons. The van der Waals surface area contributed by atoms with Crippen LogP contribution in [-0.2, 0) is 0 Å². The van der Waals surface area contributed by atoms with Gasteiger partial charge in [0.1, 0.15) is 17.8 Å². The third-order valence-corrected chi connectivity index (χ3v) is 4.71. The molecule has 1 amide bonds.